The molecule has 0 aliphatic carbocycles. The minimum Gasteiger partial charge on any atom is -0.372 e. The molecule has 3 aromatic carbocycles. The number of hydrogen-bond acceptors (Lipinski definition) is 4. The van der Waals surface area contributed by atoms with Gasteiger partial charge in [-0.05, 0) is 72.9 Å². The molecule has 34 heavy (non-hydrogen) atoms. The van der Waals surface area contributed by atoms with E-state index in [1.807, 2.05) is 25.1 Å². The lowest BCUT2D eigenvalue weighted by molar-refractivity contribution is 0.0951. The number of carbonyl (C=O) groups excluding carboxylic acids is 1. The van der Waals surface area contributed by atoms with Gasteiger partial charge in [0.25, 0.3) is 5.91 Å². The molecular weight excluding hydrogens is 446 g/mol. The van der Waals surface area contributed by atoms with Crippen LogP contribution in [0.5, 0.6) is 0 Å². The maximum Gasteiger partial charge on any atom is 0.251 e. The lowest BCUT2D eigenvalue weighted by Crippen LogP contribution is -2.29. The second kappa shape index (κ2) is 10.3. The average molecular weight is 478 g/mol. The molecular formula is C27H31N3O3S. The highest BCUT2D eigenvalue weighted by molar-refractivity contribution is 7.92. The maximum atomic E-state index is 12.6. The molecule has 0 aromatic heterocycles. The van der Waals surface area contributed by atoms with E-state index in [1.165, 1.54) is 29.1 Å². The van der Waals surface area contributed by atoms with Crippen LogP contribution in [0.15, 0.2) is 72.8 Å². The Morgan fingerprint density at radius 2 is 1.59 bits per heavy atom. The number of aryl methyl sites for hydroxylation is 1. The zero-order chi connectivity index (χ0) is 24.1. The van der Waals surface area contributed by atoms with Crippen molar-refractivity contribution in [2.45, 2.75) is 32.9 Å². The van der Waals surface area contributed by atoms with E-state index in [0.29, 0.717) is 17.8 Å². The summed E-state index contributed by atoms with van der Waals surface area (Å²) in [5, 5.41) is 2.96. The Hall–Kier alpha value is -3.32. The van der Waals surface area contributed by atoms with Gasteiger partial charge in [0.05, 0.1) is 18.5 Å². The molecule has 1 saturated heterocycles. The second-order valence-corrected chi connectivity index (χ2v) is 10.8. The Morgan fingerprint density at radius 1 is 0.941 bits per heavy atom. The van der Waals surface area contributed by atoms with Crippen LogP contribution in [-0.2, 0) is 23.1 Å². The number of hydrogen-bond donors (Lipinski definition) is 1. The fourth-order valence-electron chi connectivity index (χ4n) is 4.19. The van der Waals surface area contributed by atoms with E-state index >= 15 is 0 Å². The van der Waals surface area contributed by atoms with Crippen LogP contribution >= 0.6 is 0 Å². The monoisotopic (exact) mass is 477 g/mol. The second-order valence-electron chi connectivity index (χ2n) is 8.85. The van der Waals surface area contributed by atoms with Gasteiger partial charge in [0.15, 0.2) is 0 Å². The molecule has 6 nitrogen and oxygen atoms in total. The van der Waals surface area contributed by atoms with Crippen molar-refractivity contribution in [3.63, 3.8) is 0 Å². The van der Waals surface area contributed by atoms with Gasteiger partial charge in [0.1, 0.15) is 0 Å². The summed E-state index contributed by atoms with van der Waals surface area (Å²) in [4.78, 5) is 15.0. The summed E-state index contributed by atoms with van der Waals surface area (Å²) < 4.78 is 26.2. The van der Waals surface area contributed by atoms with Gasteiger partial charge < -0.3 is 10.2 Å². The number of anilines is 2. The Morgan fingerprint density at radius 3 is 2.21 bits per heavy atom. The number of amides is 1. The van der Waals surface area contributed by atoms with E-state index in [4.69, 9.17) is 0 Å². The highest BCUT2D eigenvalue weighted by atomic mass is 32.2. The van der Waals surface area contributed by atoms with Crippen LogP contribution in [0.4, 0.5) is 11.4 Å². The SMILES string of the molecule is Cc1cccc(N(Cc2ccc(C(=O)NCc3ccc(N4CCCC4)cc3)cc2)S(C)(=O)=O)c1. The first-order valence-corrected chi connectivity index (χ1v) is 13.4. The van der Waals surface area contributed by atoms with Crippen molar-refractivity contribution < 1.29 is 13.2 Å². The molecule has 1 heterocycles. The molecule has 1 aliphatic heterocycles. The van der Waals surface area contributed by atoms with Gasteiger partial charge in [-0.15, -0.1) is 0 Å². The number of nitrogens with zero attached hydrogens (tertiary/aromatic N) is 2. The molecule has 0 unspecified atom stereocenters. The summed E-state index contributed by atoms with van der Waals surface area (Å²) in [7, 11) is -3.46. The first kappa shape index (κ1) is 23.8. The first-order valence-electron chi connectivity index (χ1n) is 11.5. The van der Waals surface area contributed by atoms with Gasteiger partial charge >= 0.3 is 0 Å². The average Bonchev–Trinajstić information content (AvgIpc) is 3.36. The molecule has 0 spiro atoms. The molecule has 7 heteroatoms. The highest BCUT2D eigenvalue weighted by Crippen LogP contribution is 2.22. The number of benzene rings is 3. The first-order chi connectivity index (χ1) is 16.3. The number of nitrogens with one attached hydrogen (secondary N) is 1. The minimum atomic E-state index is -3.46. The van der Waals surface area contributed by atoms with Gasteiger partial charge in [0.2, 0.25) is 10.0 Å². The van der Waals surface area contributed by atoms with Gasteiger partial charge in [-0.2, -0.15) is 0 Å². The Bertz CT molecular complexity index is 1230. The van der Waals surface area contributed by atoms with E-state index in [2.05, 4.69) is 34.5 Å². The fourth-order valence-corrected chi connectivity index (χ4v) is 5.07. The lowest BCUT2D eigenvalue weighted by atomic mass is 10.1. The number of rotatable bonds is 8. The molecule has 1 amide bonds. The normalized spacial score (nSPS) is 13.6. The molecule has 4 rings (SSSR count). The lowest BCUT2D eigenvalue weighted by Gasteiger charge is -2.23. The molecule has 3 aromatic rings. The van der Waals surface area contributed by atoms with Crippen LogP contribution in [0.3, 0.4) is 0 Å². The highest BCUT2D eigenvalue weighted by Gasteiger charge is 2.18. The zero-order valence-corrected chi connectivity index (χ0v) is 20.5. The van der Waals surface area contributed by atoms with Crippen LogP contribution < -0.4 is 14.5 Å². The van der Waals surface area contributed by atoms with E-state index in [1.54, 1.807) is 30.3 Å². The van der Waals surface area contributed by atoms with Crippen LogP contribution in [0, 0.1) is 6.92 Å². The molecule has 178 valence electrons. The smallest absolute Gasteiger partial charge is 0.251 e. The van der Waals surface area contributed by atoms with Crippen molar-refractivity contribution in [3.05, 3.63) is 95.1 Å². The molecule has 0 bridgehead atoms. The van der Waals surface area contributed by atoms with Crippen molar-refractivity contribution >= 4 is 27.3 Å². The van der Waals surface area contributed by atoms with E-state index < -0.39 is 10.0 Å². The fraction of sp³-hybridized carbons (Fsp3) is 0.296. The third-order valence-corrected chi connectivity index (χ3v) is 7.23. The maximum absolute atomic E-state index is 12.6. The van der Waals surface area contributed by atoms with Gasteiger partial charge in [-0.25, -0.2) is 8.42 Å². The minimum absolute atomic E-state index is 0.158. The third-order valence-electron chi connectivity index (χ3n) is 6.09. The molecule has 0 atom stereocenters. The van der Waals surface area contributed by atoms with Crippen LogP contribution in [0.25, 0.3) is 0 Å². The van der Waals surface area contributed by atoms with Crippen molar-refractivity contribution in [1.29, 1.82) is 0 Å². The molecule has 0 radical (unpaired) electrons. The number of sulfonamides is 1. The van der Waals surface area contributed by atoms with E-state index in [9.17, 15) is 13.2 Å². The van der Waals surface area contributed by atoms with E-state index in [0.717, 1.165) is 29.8 Å². The van der Waals surface area contributed by atoms with Crippen LogP contribution in [0.2, 0.25) is 0 Å². The third kappa shape index (κ3) is 5.97. The van der Waals surface area contributed by atoms with Crippen molar-refractivity contribution in [2.24, 2.45) is 0 Å². The van der Waals surface area contributed by atoms with E-state index in [-0.39, 0.29) is 12.5 Å². The van der Waals surface area contributed by atoms with Crippen LogP contribution in [-0.4, -0.2) is 33.7 Å². The van der Waals surface area contributed by atoms with Gasteiger partial charge in [-0.1, -0.05) is 36.4 Å². The van der Waals surface area contributed by atoms with Crippen LogP contribution in [0.1, 0.15) is 39.9 Å². The standard InChI is InChI=1S/C27H31N3O3S/c1-21-6-5-7-26(18-21)30(34(2,32)33)20-23-8-12-24(13-9-23)27(31)28-19-22-10-14-25(15-11-22)29-16-3-4-17-29/h5-15,18H,3-4,16-17,19-20H2,1-2H3,(H,28,31). The van der Waals surface area contributed by atoms with Crippen molar-refractivity contribution in [1.82, 2.24) is 5.32 Å². The molecule has 1 fully saturated rings. The summed E-state index contributed by atoms with van der Waals surface area (Å²) in [5.41, 5.74) is 5.25. The quantitative estimate of drug-likeness (QED) is 0.519. The molecule has 0 saturated carbocycles. The topological polar surface area (TPSA) is 69.7 Å². The Labute approximate surface area is 202 Å². The Kier molecular flexibility index (Phi) is 7.22. The predicted molar refractivity (Wildman–Crippen MR) is 138 cm³/mol. The molecule has 1 N–H and O–H groups in total. The van der Waals surface area contributed by atoms with Crippen molar-refractivity contribution in [3.8, 4) is 0 Å². The molecule has 1 aliphatic rings. The summed E-state index contributed by atoms with van der Waals surface area (Å²) in [6.07, 6.45) is 3.69. The summed E-state index contributed by atoms with van der Waals surface area (Å²) in [6.45, 7) is 4.81. The number of carbonyl (C=O) groups is 1. The summed E-state index contributed by atoms with van der Waals surface area (Å²) in [6, 6.07) is 22.8. The van der Waals surface area contributed by atoms with Crippen molar-refractivity contribution in [2.75, 3.05) is 28.6 Å². The zero-order valence-electron chi connectivity index (χ0n) is 19.7. The Balaban J connectivity index is 1.37. The predicted octanol–water partition coefficient (Wildman–Crippen LogP) is 4.49. The largest absolute Gasteiger partial charge is 0.372 e. The van der Waals surface area contributed by atoms with Gasteiger partial charge in [-0.3, -0.25) is 9.10 Å². The summed E-state index contributed by atoms with van der Waals surface area (Å²) in [5.74, 6) is -0.158. The summed E-state index contributed by atoms with van der Waals surface area (Å²) >= 11 is 0. The van der Waals surface area contributed by atoms with Gasteiger partial charge in [0, 0.05) is 30.9 Å².